The molecule has 0 unspecified atom stereocenters. The summed E-state index contributed by atoms with van der Waals surface area (Å²) in [7, 11) is 0. The largest absolute Gasteiger partial charge is 0.228 e. The lowest BCUT2D eigenvalue weighted by Crippen LogP contribution is -2.28. The summed E-state index contributed by atoms with van der Waals surface area (Å²) in [5, 5.41) is 12.2. The molecule has 0 amide bonds. The molecule has 9 rings (SSSR count). The van der Waals surface area contributed by atoms with Crippen LogP contribution in [0.3, 0.4) is 0 Å². The highest BCUT2D eigenvalue weighted by Gasteiger charge is 2.44. The van der Waals surface area contributed by atoms with Crippen LogP contribution in [0.4, 0.5) is 0 Å². The quantitative estimate of drug-likeness (QED) is 0.198. The number of hydrogen-bond donors (Lipinski definition) is 0. The van der Waals surface area contributed by atoms with Crippen LogP contribution in [-0.2, 0) is 5.41 Å². The Morgan fingerprint density at radius 1 is 0.521 bits per heavy atom. The molecule has 48 heavy (non-hydrogen) atoms. The molecule has 0 atom stereocenters. The first-order chi connectivity index (χ1) is 23.7. The van der Waals surface area contributed by atoms with Crippen LogP contribution in [0.1, 0.15) is 48.8 Å². The van der Waals surface area contributed by atoms with Crippen molar-refractivity contribution < 1.29 is 0 Å². The molecule has 1 saturated carbocycles. The summed E-state index contributed by atoms with van der Waals surface area (Å²) in [4.78, 5) is 10.6. The van der Waals surface area contributed by atoms with Gasteiger partial charge in [-0.25, -0.2) is 9.97 Å². The van der Waals surface area contributed by atoms with Crippen molar-refractivity contribution in [2.45, 2.75) is 37.5 Å². The lowest BCUT2D eigenvalue weighted by atomic mass is 9.67. The molecule has 3 heteroatoms. The Bertz CT molecular complexity index is 2390. The number of fused-ring (bicyclic) bond motifs is 6. The maximum absolute atomic E-state index is 9.87. The van der Waals surface area contributed by atoms with E-state index in [1.165, 1.54) is 57.9 Å². The second kappa shape index (κ2) is 11.4. The Kier molecular flexibility index (Phi) is 6.76. The third kappa shape index (κ3) is 4.48. The summed E-state index contributed by atoms with van der Waals surface area (Å²) in [5.74, 6) is 0.706. The zero-order valence-corrected chi connectivity index (χ0v) is 26.7. The summed E-state index contributed by atoms with van der Waals surface area (Å²) in [6.07, 6.45) is 5.90. The molecule has 7 aromatic rings. The Hall–Kier alpha value is -5.85. The smallest absolute Gasteiger partial charge is 0.161 e. The van der Waals surface area contributed by atoms with Gasteiger partial charge in [0.25, 0.3) is 0 Å². The van der Waals surface area contributed by atoms with Crippen molar-refractivity contribution in [1.29, 1.82) is 5.26 Å². The van der Waals surface area contributed by atoms with Crippen molar-refractivity contribution >= 4 is 10.8 Å². The molecule has 1 fully saturated rings. The summed E-state index contributed by atoms with van der Waals surface area (Å²) < 4.78 is 0. The Balaban J connectivity index is 1.29. The van der Waals surface area contributed by atoms with Gasteiger partial charge >= 0.3 is 0 Å². The SMILES string of the molecule is N#Cc1ccc2c(c1)C1(CCCCC1)c1cccc(-c3ccccc3-c3nc(-c4ccccc4)cc(-c4cccc5ccccc45)n3)c1-2. The van der Waals surface area contributed by atoms with Gasteiger partial charge in [0.2, 0.25) is 0 Å². The molecular formula is C45H33N3. The minimum atomic E-state index is -0.0496. The molecule has 2 aliphatic carbocycles. The van der Waals surface area contributed by atoms with Gasteiger partial charge in [0.05, 0.1) is 23.0 Å². The van der Waals surface area contributed by atoms with E-state index >= 15 is 0 Å². The molecule has 0 saturated heterocycles. The van der Waals surface area contributed by atoms with Crippen molar-refractivity contribution in [3.8, 4) is 62.2 Å². The predicted octanol–water partition coefficient (Wildman–Crippen LogP) is 11.4. The second-order valence-electron chi connectivity index (χ2n) is 13.1. The zero-order chi connectivity index (χ0) is 32.1. The van der Waals surface area contributed by atoms with Crippen molar-refractivity contribution in [3.63, 3.8) is 0 Å². The van der Waals surface area contributed by atoms with Gasteiger partial charge in [0.15, 0.2) is 5.82 Å². The summed E-state index contributed by atoms with van der Waals surface area (Å²) in [6, 6.07) is 51.6. The first-order valence-electron chi connectivity index (χ1n) is 16.9. The van der Waals surface area contributed by atoms with Gasteiger partial charge in [0.1, 0.15) is 0 Å². The summed E-state index contributed by atoms with van der Waals surface area (Å²) in [6.45, 7) is 0. The number of aromatic nitrogens is 2. The molecular weight excluding hydrogens is 583 g/mol. The Morgan fingerprint density at radius 2 is 1.21 bits per heavy atom. The van der Waals surface area contributed by atoms with E-state index in [0.29, 0.717) is 5.82 Å². The molecule has 228 valence electrons. The molecule has 6 aromatic carbocycles. The molecule has 1 aromatic heterocycles. The Labute approximate surface area is 281 Å². The molecule has 2 aliphatic rings. The first kappa shape index (κ1) is 28.4. The number of rotatable bonds is 4. The fourth-order valence-electron chi connectivity index (χ4n) is 8.36. The van der Waals surface area contributed by atoms with Crippen molar-refractivity contribution in [3.05, 3.63) is 156 Å². The van der Waals surface area contributed by atoms with Gasteiger partial charge in [-0.3, -0.25) is 0 Å². The number of nitrogens with zero attached hydrogens (tertiary/aromatic N) is 3. The topological polar surface area (TPSA) is 49.6 Å². The summed E-state index contributed by atoms with van der Waals surface area (Å²) in [5.41, 5.74) is 13.2. The minimum Gasteiger partial charge on any atom is -0.228 e. The van der Waals surface area contributed by atoms with Gasteiger partial charge in [-0.05, 0) is 75.2 Å². The number of nitriles is 1. The van der Waals surface area contributed by atoms with Crippen LogP contribution in [0.25, 0.3) is 66.9 Å². The molecule has 1 spiro atoms. The third-order valence-corrected chi connectivity index (χ3v) is 10.5. The van der Waals surface area contributed by atoms with E-state index in [9.17, 15) is 5.26 Å². The van der Waals surface area contributed by atoms with Crippen molar-refractivity contribution in [2.75, 3.05) is 0 Å². The van der Waals surface area contributed by atoms with Crippen molar-refractivity contribution in [1.82, 2.24) is 9.97 Å². The monoisotopic (exact) mass is 615 g/mol. The molecule has 0 bridgehead atoms. The lowest BCUT2D eigenvalue weighted by molar-refractivity contribution is 0.353. The average molecular weight is 616 g/mol. The second-order valence-corrected chi connectivity index (χ2v) is 13.1. The molecule has 0 N–H and O–H groups in total. The van der Waals surface area contributed by atoms with E-state index in [0.717, 1.165) is 52.0 Å². The molecule has 0 aliphatic heterocycles. The van der Waals surface area contributed by atoms with Crippen LogP contribution in [-0.4, -0.2) is 9.97 Å². The van der Waals surface area contributed by atoms with Crippen molar-refractivity contribution in [2.24, 2.45) is 0 Å². The highest BCUT2D eigenvalue weighted by molar-refractivity contribution is 5.98. The van der Waals surface area contributed by atoms with E-state index in [1.807, 2.05) is 12.1 Å². The van der Waals surface area contributed by atoms with Crippen LogP contribution in [0, 0.1) is 11.3 Å². The maximum atomic E-state index is 9.87. The van der Waals surface area contributed by atoms with Crippen LogP contribution < -0.4 is 0 Å². The average Bonchev–Trinajstić information content (AvgIpc) is 3.43. The molecule has 1 heterocycles. The fourth-order valence-corrected chi connectivity index (χ4v) is 8.36. The van der Waals surface area contributed by atoms with Gasteiger partial charge in [0, 0.05) is 22.1 Å². The summed E-state index contributed by atoms with van der Waals surface area (Å²) >= 11 is 0. The maximum Gasteiger partial charge on any atom is 0.161 e. The number of hydrogen-bond acceptors (Lipinski definition) is 3. The predicted molar refractivity (Wildman–Crippen MR) is 195 cm³/mol. The van der Waals surface area contributed by atoms with E-state index in [4.69, 9.17) is 9.97 Å². The van der Waals surface area contributed by atoms with Crippen LogP contribution in [0.2, 0.25) is 0 Å². The van der Waals surface area contributed by atoms with Gasteiger partial charge < -0.3 is 0 Å². The first-order valence-corrected chi connectivity index (χ1v) is 16.9. The molecule has 3 nitrogen and oxygen atoms in total. The molecule has 0 radical (unpaired) electrons. The normalized spacial score (nSPS) is 14.4. The van der Waals surface area contributed by atoms with E-state index in [1.54, 1.807) is 0 Å². The van der Waals surface area contributed by atoms with Crippen LogP contribution in [0.5, 0.6) is 0 Å². The minimum absolute atomic E-state index is 0.0496. The van der Waals surface area contributed by atoms with E-state index < -0.39 is 0 Å². The standard InChI is InChI=1S/C45H33N3/c46-29-30-23-24-38-40(27-30)45(25-9-2-10-26-45)39-22-12-21-36(43(38)39)34-18-7-8-19-37(34)44-47-41(32-14-3-1-4-15-32)28-42(48-44)35-20-11-16-31-13-5-6-17-33(31)35/h1,3-8,11-24,27-28H,2,9-10,25-26H2. The lowest BCUT2D eigenvalue weighted by Gasteiger charge is -2.36. The van der Waals surface area contributed by atoms with Gasteiger partial charge in [-0.2, -0.15) is 5.26 Å². The Morgan fingerprint density at radius 3 is 2.06 bits per heavy atom. The zero-order valence-electron chi connectivity index (χ0n) is 26.7. The van der Waals surface area contributed by atoms with E-state index in [2.05, 4.69) is 133 Å². The highest BCUT2D eigenvalue weighted by Crippen LogP contribution is 2.58. The van der Waals surface area contributed by atoms with E-state index in [-0.39, 0.29) is 5.41 Å². The van der Waals surface area contributed by atoms with Crippen LogP contribution >= 0.6 is 0 Å². The van der Waals surface area contributed by atoms with Crippen LogP contribution in [0.15, 0.2) is 140 Å². The third-order valence-electron chi connectivity index (χ3n) is 10.5. The van der Waals surface area contributed by atoms with Gasteiger partial charge in [-0.15, -0.1) is 0 Å². The highest BCUT2D eigenvalue weighted by atomic mass is 14.9. The van der Waals surface area contributed by atoms with Gasteiger partial charge in [-0.1, -0.05) is 141 Å². The fraction of sp³-hybridized carbons (Fsp3) is 0.133. The number of benzene rings is 6.